The van der Waals surface area contributed by atoms with Gasteiger partial charge in [-0.25, -0.2) is 4.98 Å². The zero-order chi connectivity index (χ0) is 11.5. The summed E-state index contributed by atoms with van der Waals surface area (Å²) in [7, 11) is 0. The molecule has 0 aliphatic rings. The zero-order valence-electron chi connectivity index (χ0n) is 9.22. The molecule has 0 saturated heterocycles. The highest BCUT2D eigenvalue weighted by Crippen LogP contribution is 2.16. The van der Waals surface area contributed by atoms with Crippen molar-refractivity contribution in [2.24, 2.45) is 0 Å². The Bertz CT molecular complexity index is 616. The van der Waals surface area contributed by atoms with Gasteiger partial charge in [-0.3, -0.25) is 4.98 Å². The Morgan fingerprint density at radius 1 is 1.18 bits per heavy atom. The van der Waals surface area contributed by atoms with Crippen molar-refractivity contribution in [3.63, 3.8) is 0 Å². The molecule has 3 aromatic rings. The molecule has 84 valence electrons. The average molecular weight is 224 g/mol. The van der Waals surface area contributed by atoms with Gasteiger partial charge >= 0.3 is 0 Å². The van der Waals surface area contributed by atoms with E-state index >= 15 is 0 Å². The molecule has 0 atom stereocenters. The number of hydrogen-bond acceptors (Lipinski definition) is 3. The van der Waals surface area contributed by atoms with Gasteiger partial charge in [0.15, 0.2) is 0 Å². The van der Waals surface area contributed by atoms with Crippen molar-refractivity contribution in [2.45, 2.75) is 6.54 Å². The molecule has 2 N–H and O–H groups in total. The standard InChI is InChI=1S/C13H12N4/c1-2-4-12-10(3-1)7-11(8-17-12)16-9-13-14-5-6-15-13/h1-8,16H,9H2,(H,14,15). The lowest BCUT2D eigenvalue weighted by Crippen LogP contribution is -2.01. The van der Waals surface area contributed by atoms with E-state index in [1.165, 1.54) is 0 Å². The molecule has 2 aromatic heterocycles. The first kappa shape index (κ1) is 9.84. The molecule has 0 fully saturated rings. The normalized spacial score (nSPS) is 10.6. The van der Waals surface area contributed by atoms with Crippen molar-refractivity contribution in [1.82, 2.24) is 15.0 Å². The Balaban J connectivity index is 1.81. The van der Waals surface area contributed by atoms with Crippen LogP contribution in [0.2, 0.25) is 0 Å². The Morgan fingerprint density at radius 2 is 2.12 bits per heavy atom. The molecule has 0 spiro atoms. The third-order valence-corrected chi connectivity index (χ3v) is 2.61. The maximum absolute atomic E-state index is 4.39. The van der Waals surface area contributed by atoms with Crippen LogP contribution in [0.4, 0.5) is 5.69 Å². The summed E-state index contributed by atoms with van der Waals surface area (Å²) in [6, 6.07) is 10.2. The minimum atomic E-state index is 0.674. The predicted octanol–water partition coefficient (Wildman–Crippen LogP) is 2.57. The minimum Gasteiger partial charge on any atom is -0.377 e. The third-order valence-electron chi connectivity index (χ3n) is 2.61. The van der Waals surface area contributed by atoms with Gasteiger partial charge in [0.25, 0.3) is 0 Å². The second kappa shape index (κ2) is 4.25. The second-order valence-corrected chi connectivity index (χ2v) is 3.81. The van der Waals surface area contributed by atoms with E-state index < -0.39 is 0 Å². The molecule has 4 heteroatoms. The number of anilines is 1. The summed E-state index contributed by atoms with van der Waals surface area (Å²) in [5, 5.41) is 4.42. The fourth-order valence-corrected chi connectivity index (χ4v) is 1.75. The molecular weight excluding hydrogens is 212 g/mol. The van der Waals surface area contributed by atoms with E-state index in [9.17, 15) is 0 Å². The van der Waals surface area contributed by atoms with Gasteiger partial charge in [0, 0.05) is 17.8 Å². The van der Waals surface area contributed by atoms with E-state index in [2.05, 4.69) is 32.4 Å². The Hall–Kier alpha value is -2.36. The number of para-hydroxylation sites is 1. The van der Waals surface area contributed by atoms with Crippen LogP contribution in [-0.2, 0) is 6.54 Å². The molecule has 1 aromatic carbocycles. The zero-order valence-corrected chi connectivity index (χ0v) is 9.22. The number of imidazole rings is 1. The van der Waals surface area contributed by atoms with Crippen LogP contribution in [0.25, 0.3) is 10.9 Å². The van der Waals surface area contributed by atoms with Crippen LogP contribution >= 0.6 is 0 Å². The summed E-state index contributed by atoms with van der Waals surface area (Å²) < 4.78 is 0. The predicted molar refractivity (Wildman–Crippen MR) is 67.7 cm³/mol. The van der Waals surface area contributed by atoms with Crippen molar-refractivity contribution < 1.29 is 0 Å². The van der Waals surface area contributed by atoms with Crippen molar-refractivity contribution in [2.75, 3.05) is 5.32 Å². The maximum Gasteiger partial charge on any atom is 0.125 e. The average Bonchev–Trinajstić information content (AvgIpc) is 2.89. The molecule has 0 aliphatic carbocycles. The van der Waals surface area contributed by atoms with Crippen LogP contribution in [-0.4, -0.2) is 15.0 Å². The maximum atomic E-state index is 4.39. The molecular formula is C13H12N4. The van der Waals surface area contributed by atoms with Crippen LogP contribution in [0.3, 0.4) is 0 Å². The van der Waals surface area contributed by atoms with Crippen molar-refractivity contribution >= 4 is 16.6 Å². The van der Waals surface area contributed by atoms with Gasteiger partial charge in [0.05, 0.1) is 23.9 Å². The number of benzene rings is 1. The molecule has 0 radical (unpaired) electrons. The van der Waals surface area contributed by atoms with Crippen molar-refractivity contribution in [1.29, 1.82) is 0 Å². The Kier molecular flexibility index (Phi) is 2.46. The number of fused-ring (bicyclic) bond motifs is 1. The van der Waals surface area contributed by atoms with Gasteiger partial charge in [-0.15, -0.1) is 0 Å². The molecule has 0 bridgehead atoms. The highest BCUT2D eigenvalue weighted by atomic mass is 15.0. The summed E-state index contributed by atoms with van der Waals surface area (Å²) in [6.07, 6.45) is 5.40. The lowest BCUT2D eigenvalue weighted by Gasteiger charge is -2.05. The quantitative estimate of drug-likeness (QED) is 0.719. The Morgan fingerprint density at radius 3 is 3.00 bits per heavy atom. The summed E-state index contributed by atoms with van der Waals surface area (Å²) in [6.45, 7) is 0.674. The van der Waals surface area contributed by atoms with Crippen LogP contribution in [0, 0.1) is 0 Å². The number of aromatic amines is 1. The highest BCUT2D eigenvalue weighted by molar-refractivity contribution is 5.81. The van der Waals surface area contributed by atoms with Gasteiger partial charge < -0.3 is 10.3 Å². The van der Waals surface area contributed by atoms with E-state index in [4.69, 9.17) is 0 Å². The number of pyridine rings is 1. The van der Waals surface area contributed by atoms with E-state index in [-0.39, 0.29) is 0 Å². The molecule has 0 saturated carbocycles. The number of nitrogens with one attached hydrogen (secondary N) is 2. The number of aromatic nitrogens is 3. The minimum absolute atomic E-state index is 0.674. The van der Waals surface area contributed by atoms with Crippen molar-refractivity contribution in [3.8, 4) is 0 Å². The largest absolute Gasteiger partial charge is 0.377 e. The molecule has 0 amide bonds. The van der Waals surface area contributed by atoms with E-state index in [0.29, 0.717) is 6.54 Å². The molecule has 2 heterocycles. The van der Waals surface area contributed by atoms with Crippen LogP contribution in [0.15, 0.2) is 48.9 Å². The first-order chi connectivity index (χ1) is 8.42. The molecule has 0 aliphatic heterocycles. The molecule has 17 heavy (non-hydrogen) atoms. The van der Waals surface area contributed by atoms with Gasteiger partial charge in [0.2, 0.25) is 0 Å². The number of nitrogens with zero attached hydrogens (tertiary/aromatic N) is 2. The smallest absolute Gasteiger partial charge is 0.125 e. The van der Waals surface area contributed by atoms with Crippen molar-refractivity contribution in [3.05, 3.63) is 54.7 Å². The molecule has 4 nitrogen and oxygen atoms in total. The van der Waals surface area contributed by atoms with E-state index in [0.717, 1.165) is 22.4 Å². The van der Waals surface area contributed by atoms with Crippen LogP contribution in [0.1, 0.15) is 5.82 Å². The summed E-state index contributed by atoms with van der Waals surface area (Å²) in [4.78, 5) is 11.6. The van der Waals surface area contributed by atoms with Crippen LogP contribution in [0.5, 0.6) is 0 Å². The van der Waals surface area contributed by atoms with E-state index in [1.807, 2.05) is 30.6 Å². The number of hydrogen-bond donors (Lipinski definition) is 2. The van der Waals surface area contributed by atoms with E-state index in [1.54, 1.807) is 6.20 Å². The lowest BCUT2D eigenvalue weighted by molar-refractivity contribution is 0.999. The lowest BCUT2D eigenvalue weighted by atomic mass is 10.2. The topological polar surface area (TPSA) is 53.6 Å². The van der Waals surface area contributed by atoms with Gasteiger partial charge in [-0.2, -0.15) is 0 Å². The fraction of sp³-hybridized carbons (Fsp3) is 0.0769. The summed E-state index contributed by atoms with van der Waals surface area (Å²) in [5.41, 5.74) is 2.01. The SMILES string of the molecule is c1ccc2ncc(NCc3ncc[nH]3)cc2c1. The first-order valence-electron chi connectivity index (χ1n) is 5.49. The third kappa shape index (κ3) is 2.10. The second-order valence-electron chi connectivity index (χ2n) is 3.81. The number of rotatable bonds is 3. The summed E-state index contributed by atoms with van der Waals surface area (Å²) >= 11 is 0. The Labute approximate surface area is 98.7 Å². The van der Waals surface area contributed by atoms with Gasteiger partial charge in [-0.1, -0.05) is 18.2 Å². The van der Waals surface area contributed by atoms with Gasteiger partial charge in [0.1, 0.15) is 5.82 Å². The fourth-order valence-electron chi connectivity index (χ4n) is 1.75. The number of H-pyrrole nitrogens is 1. The monoisotopic (exact) mass is 224 g/mol. The van der Waals surface area contributed by atoms with Gasteiger partial charge in [-0.05, 0) is 12.1 Å². The van der Waals surface area contributed by atoms with Crippen LogP contribution < -0.4 is 5.32 Å². The summed E-state index contributed by atoms with van der Waals surface area (Å²) in [5.74, 6) is 0.915. The first-order valence-corrected chi connectivity index (χ1v) is 5.49. The molecule has 3 rings (SSSR count). The highest BCUT2D eigenvalue weighted by Gasteiger charge is 1.98. The molecule has 0 unspecified atom stereocenters.